The molecule has 1 unspecified atom stereocenters. The molecular formula is C14H24N2O2. The number of anilines is 2. The molecule has 0 aromatic heterocycles. The predicted octanol–water partition coefficient (Wildman–Crippen LogP) is 2.63. The number of ether oxygens (including phenoxy) is 1. The molecule has 1 rings (SSSR count). The van der Waals surface area contributed by atoms with Crippen LogP contribution in [0.4, 0.5) is 11.4 Å². The summed E-state index contributed by atoms with van der Waals surface area (Å²) < 4.78 is 5.47. The van der Waals surface area contributed by atoms with Crippen molar-refractivity contribution in [3.8, 4) is 5.75 Å². The van der Waals surface area contributed by atoms with Crippen molar-refractivity contribution in [3.05, 3.63) is 18.2 Å². The molecule has 0 aliphatic carbocycles. The van der Waals surface area contributed by atoms with Crippen molar-refractivity contribution in [3.63, 3.8) is 0 Å². The van der Waals surface area contributed by atoms with Gasteiger partial charge in [0, 0.05) is 23.9 Å². The van der Waals surface area contributed by atoms with Gasteiger partial charge in [-0.1, -0.05) is 6.92 Å². The highest BCUT2D eigenvalue weighted by atomic mass is 16.5. The second kappa shape index (κ2) is 6.50. The summed E-state index contributed by atoms with van der Waals surface area (Å²) >= 11 is 0. The molecule has 1 aromatic carbocycles. The fourth-order valence-corrected chi connectivity index (χ4v) is 1.82. The molecule has 4 heteroatoms. The van der Waals surface area contributed by atoms with Gasteiger partial charge in [-0.15, -0.1) is 0 Å². The maximum atomic E-state index is 9.11. The lowest BCUT2D eigenvalue weighted by Crippen LogP contribution is -2.35. The van der Waals surface area contributed by atoms with Crippen LogP contribution in [0, 0.1) is 0 Å². The second-order valence-corrected chi connectivity index (χ2v) is 4.70. The number of hydrogen-bond acceptors (Lipinski definition) is 4. The summed E-state index contributed by atoms with van der Waals surface area (Å²) in [5.41, 5.74) is 7.33. The summed E-state index contributed by atoms with van der Waals surface area (Å²) in [5, 5.41) is 12.5. The van der Waals surface area contributed by atoms with Crippen LogP contribution in [0.2, 0.25) is 0 Å². The lowest BCUT2D eigenvalue weighted by molar-refractivity contribution is 0.252. The Bertz CT molecular complexity index is 382. The van der Waals surface area contributed by atoms with Crippen molar-refractivity contribution in [1.29, 1.82) is 0 Å². The lowest BCUT2D eigenvalue weighted by Gasteiger charge is -2.30. The van der Waals surface area contributed by atoms with Gasteiger partial charge in [-0.05, 0) is 38.8 Å². The number of nitrogens with one attached hydrogen (secondary N) is 1. The number of aliphatic hydroxyl groups is 1. The zero-order valence-electron chi connectivity index (χ0n) is 11.5. The average Bonchev–Trinajstić information content (AvgIpc) is 2.34. The fraction of sp³-hybridized carbons (Fsp3) is 0.571. The molecule has 0 aliphatic rings. The van der Waals surface area contributed by atoms with E-state index in [4.69, 9.17) is 15.6 Å². The molecule has 0 spiro atoms. The minimum atomic E-state index is -0.117. The number of nitrogens with two attached hydrogens (primary N) is 1. The second-order valence-electron chi connectivity index (χ2n) is 4.70. The van der Waals surface area contributed by atoms with Crippen LogP contribution < -0.4 is 15.8 Å². The van der Waals surface area contributed by atoms with Crippen LogP contribution >= 0.6 is 0 Å². The maximum absolute atomic E-state index is 9.11. The van der Waals surface area contributed by atoms with E-state index in [2.05, 4.69) is 19.2 Å². The standard InChI is InChI=1S/C14H24N2O2/c1-4-14(3,8-9-17)16-11-6-7-12(15)13(10-11)18-5-2/h6-7,10,16-17H,4-5,8-9,15H2,1-3H3. The molecule has 0 bridgehead atoms. The Morgan fingerprint density at radius 3 is 2.67 bits per heavy atom. The quantitative estimate of drug-likeness (QED) is 0.653. The van der Waals surface area contributed by atoms with Gasteiger partial charge in [0.2, 0.25) is 0 Å². The van der Waals surface area contributed by atoms with Gasteiger partial charge in [-0.3, -0.25) is 0 Å². The Labute approximate surface area is 109 Å². The van der Waals surface area contributed by atoms with Crippen molar-refractivity contribution in [1.82, 2.24) is 0 Å². The smallest absolute Gasteiger partial charge is 0.144 e. The van der Waals surface area contributed by atoms with Crippen LogP contribution in [0.1, 0.15) is 33.6 Å². The SMILES string of the molecule is CCOc1cc(NC(C)(CC)CCO)ccc1N. The first kappa shape index (κ1) is 14.6. The van der Waals surface area contributed by atoms with E-state index >= 15 is 0 Å². The van der Waals surface area contributed by atoms with Crippen molar-refractivity contribution < 1.29 is 9.84 Å². The lowest BCUT2D eigenvalue weighted by atomic mass is 9.94. The van der Waals surface area contributed by atoms with Crippen molar-refractivity contribution in [2.45, 2.75) is 39.2 Å². The van der Waals surface area contributed by atoms with Gasteiger partial charge >= 0.3 is 0 Å². The van der Waals surface area contributed by atoms with E-state index in [0.717, 1.165) is 12.1 Å². The third-order valence-electron chi connectivity index (χ3n) is 3.20. The minimum absolute atomic E-state index is 0.117. The van der Waals surface area contributed by atoms with Crippen LogP contribution in [0.5, 0.6) is 5.75 Å². The molecule has 1 aromatic rings. The largest absolute Gasteiger partial charge is 0.492 e. The van der Waals surface area contributed by atoms with E-state index < -0.39 is 0 Å². The number of rotatable bonds is 7. The number of aliphatic hydroxyl groups excluding tert-OH is 1. The third-order valence-corrected chi connectivity index (χ3v) is 3.20. The number of hydrogen-bond donors (Lipinski definition) is 3. The van der Waals surface area contributed by atoms with Gasteiger partial charge in [0.15, 0.2) is 0 Å². The van der Waals surface area contributed by atoms with E-state index in [0.29, 0.717) is 24.5 Å². The predicted molar refractivity (Wildman–Crippen MR) is 76.0 cm³/mol. The van der Waals surface area contributed by atoms with Crippen molar-refractivity contribution >= 4 is 11.4 Å². The molecule has 4 N–H and O–H groups in total. The molecule has 0 radical (unpaired) electrons. The Kier molecular flexibility index (Phi) is 5.28. The first-order valence-corrected chi connectivity index (χ1v) is 6.46. The Morgan fingerprint density at radius 1 is 1.39 bits per heavy atom. The summed E-state index contributed by atoms with van der Waals surface area (Å²) in [6, 6.07) is 5.68. The molecule has 0 heterocycles. The molecule has 102 valence electrons. The summed E-state index contributed by atoms with van der Waals surface area (Å²) in [6.07, 6.45) is 1.64. The van der Waals surface area contributed by atoms with Gasteiger partial charge < -0.3 is 20.9 Å². The topological polar surface area (TPSA) is 67.5 Å². The maximum Gasteiger partial charge on any atom is 0.144 e. The zero-order valence-corrected chi connectivity index (χ0v) is 11.5. The molecular weight excluding hydrogens is 228 g/mol. The van der Waals surface area contributed by atoms with Gasteiger partial charge in [0.25, 0.3) is 0 Å². The first-order chi connectivity index (χ1) is 8.54. The highest BCUT2D eigenvalue weighted by molar-refractivity contribution is 5.62. The minimum Gasteiger partial charge on any atom is -0.492 e. The van der Waals surface area contributed by atoms with Crippen LogP contribution in [-0.4, -0.2) is 23.9 Å². The fourth-order valence-electron chi connectivity index (χ4n) is 1.82. The highest BCUT2D eigenvalue weighted by Crippen LogP contribution is 2.28. The Balaban J connectivity index is 2.86. The summed E-state index contributed by atoms with van der Waals surface area (Å²) in [7, 11) is 0. The van der Waals surface area contributed by atoms with Crippen LogP contribution in [0.15, 0.2) is 18.2 Å². The monoisotopic (exact) mass is 252 g/mol. The van der Waals surface area contributed by atoms with E-state index in [1.807, 2.05) is 25.1 Å². The molecule has 0 fully saturated rings. The van der Waals surface area contributed by atoms with Crippen LogP contribution in [0.3, 0.4) is 0 Å². The van der Waals surface area contributed by atoms with E-state index in [-0.39, 0.29) is 12.1 Å². The van der Waals surface area contributed by atoms with Gasteiger partial charge in [0.05, 0.1) is 12.3 Å². The van der Waals surface area contributed by atoms with E-state index in [9.17, 15) is 0 Å². The number of nitrogen functional groups attached to an aromatic ring is 1. The van der Waals surface area contributed by atoms with Gasteiger partial charge in [-0.2, -0.15) is 0 Å². The van der Waals surface area contributed by atoms with E-state index in [1.54, 1.807) is 0 Å². The molecule has 1 atom stereocenters. The average molecular weight is 252 g/mol. The Morgan fingerprint density at radius 2 is 2.11 bits per heavy atom. The summed E-state index contributed by atoms with van der Waals surface area (Å²) in [6.45, 7) is 6.89. The molecule has 0 aliphatic heterocycles. The molecule has 18 heavy (non-hydrogen) atoms. The van der Waals surface area contributed by atoms with Crippen molar-refractivity contribution in [2.24, 2.45) is 0 Å². The molecule has 4 nitrogen and oxygen atoms in total. The van der Waals surface area contributed by atoms with E-state index in [1.165, 1.54) is 0 Å². The van der Waals surface area contributed by atoms with Crippen LogP contribution in [0.25, 0.3) is 0 Å². The molecule has 0 saturated heterocycles. The molecule has 0 amide bonds. The van der Waals surface area contributed by atoms with Crippen LogP contribution in [-0.2, 0) is 0 Å². The van der Waals surface area contributed by atoms with Gasteiger partial charge in [-0.25, -0.2) is 0 Å². The molecule has 0 saturated carbocycles. The Hall–Kier alpha value is -1.42. The summed E-state index contributed by atoms with van der Waals surface area (Å²) in [5.74, 6) is 0.699. The zero-order chi connectivity index (χ0) is 13.6. The normalized spacial score (nSPS) is 14.0. The third kappa shape index (κ3) is 3.81. The van der Waals surface area contributed by atoms with Crippen molar-refractivity contribution in [2.75, 3.05) is 24.3 Å². The number of benzene rings is 1. The highest BCUT2D eigenvalue weighted by Gasteiger charge is 2.21. The van der Waals surface area contributed by atoms with Gasteiger partial charge in [0.1, 0.15) is 5.75 Å². The first-order valence-electron chi connectivity index (χ1n) is 6.46. The summed E-state index contributed by atoms with van der Waals surface area (Å²) in [4.78, 5) is 0.